The number of anilines is 2. The van der Waals surface area contributed by atoms with Gasteiger partial charge in [0, 0.05) is 34.5 Å². The van der Waals surface area contributed by atoms with Gasteiger partial charge in [0.1, 0.15) is 5.82 Å². The van der Waals surface area contributed by atoms with Gasteiger partial charge in [0.05, 0.1) is 0 Å². The third-order valence-electron chi connectivity index (χ3n) is 3.01. The summed E-state index contributed by atoms with van der Waals surface area (Å²) in [6.45, 7) is 0. The molecule has 0 saturated carbocycles. The molecular formula is C17H15BrFN3O2. The molecule has 0 aliphatic heterocycles. The summed E-state index contributed by atoms with van der Waals surface area (Å²) in [4.78, 5) is 23.1. The van der Waals surface area contributed by atoms with E-state index < -0.39 is 5.82 Å². The van der Waals surface area contributed by atoms with E-state index >= 15 is 0 Å². The number of carbonyl (C=O) groups excluding carboxylic acids is 2. The van der Waals surface area contributed by atoms with Crippen LogP contribution in [0.2, 0.25) is 0 Å². The number of nitrogens with one attached hydrogen (secondary N) is 3. The van der Waals surface area contributed by atoms with Crippen LogP contribution in [-0.2, 0) is 4.79 Å². The van der Waals surface area contributed by atoms with E-state index in [4.69, 9.17) is 0 Å². The minimum absolute atomic E-state index is 0.310. The van der Waals surface area contributed by atoms with E-state index in [1.807, 2.05) is 0 Å². The minimum atomic E-state index is -0.410. The van der Waals surface area contributed by atoms with Crippen LogP contribution >= 0.6 is 15.9 Å². The van der Waals surface area contributed by atoms with Gasteiger partial charge in [-0.3, -0.25) is 4.79 Å². The maximum atomic E-state index is 13.6. The molecule has 0 heterocycles. The molecule has 0 fully saturated rings. The zero-order valence-electron chi connectivity index (χ0n) is 12.8. The summed E-state index contributed by atoms with van der Waals surface area (Å²) in [5.74, 6) is -0.798. The van der Waals surface area contributed by atoms with Crippen LogP contribution < -0.4 is 16.0 Å². The number of hydrogen-bond donors (Lipinski definition) is 3. The Labute approximate surface area is 147 Å². The fourth-order valence-electron chi connectivity index (χ4n) is 1.82. The first kappa shape index (κ1) is 17.7. The Morgan fingerprint density at radius 2 is 1.67 bits per heavy atom. The molecule has 0 saturated heterocycles. The molecule has 0 aliphatic rings. The quantitative estimate of drug-likeness (QED) is 0.689. The summed E-state index contributed by atoms with van der Waals surface area (Å²) < 4.78 is 14.3. The van der Waals surface area contributed by atoms with Gasteiger partial charge >= 0.3 is 6.03 Å². The Kier molecular flexibility index (Phi) is 6.08. The van der Waals surface area contributed by atoms with Gasteiger partial charge in [0.15, 0.2) is 0 Å². The van der Waals surface area contributed by atoms with Crippen LogP contribution in [-0.4, -0.2) is 19.0 Å². The molecule has 0 radical (unpaired) electrons. The van der Waals surface area contributed by atoms with Crippen molar-refractivity contribution in [2.75, 3.05) is 17.7 Å². The van der Waals surface area contributed by atoms with Crippen molar-refractivity contribution in [2.45, 2.75) is 0 Å². The molecule has 3 amide bonds. The molecule has 0 bridgehead atoms. The Bertz CT molecular complexity index is 776. The second-order valence-corrected chi connectivity index (χ2v) is 5.69. The van der Waals surface area contributed by atoms with E-state index in [9.17, 15) is 14.0 Å². The predicted molar refractivity (Wildman–Crippen MR) is 96.3 cm³/mol. The molecule has 124 valence electrons. The zero-order chi connectivity index (χ0) is 17.5. The lowest BCUT2D eigenvalue weighted by atomic mass is 10.2. The van der Waals surface area contributed by atoms with Crippen LogP contribution in [0, 0.1) is 5.82 Å². The van der Waals surface area contributed by atoms with Gasteiger partial charge in [-0.25, -0.2) is 9.18 Å². The fourth-order valence-corrected chi connectivity index (χ4v) is 2.20. The van der Waals surface area contributed by atoms with Crippen molar-refractivity contribution >= 4 is 45.3 Å². The van der Waals surface area contributed by atoms with Crippen molar-refractivity contribution < 1.29 is 14.0 Å². The van der Waals surface area contributed by atoms with Crippen molar-refractivity contribution in [3.05, 3.63) is 64.4 Å². The summed E-state index contributed by atoms with van der Waals surface area (Å²) in [7, 11) is 1.52. The average molecular weight is 392 g/mol. The first-order valence-electron chi connectivity index (χ1n) is 7.01. The number of benzene rings is 2. The van der Waals surface area contributed by atoms with Gasteiger partial charge < -0.3 is 16.0 Å². The number of halogens is 2. The van der Waals surface area contributed by atoms with Crippen LogP contribution in [0.4, 0.5) is 20.6 Å². The van der Waals surface area contributed by atoms with E-state index in [0.717, 1.165) is 4.47 Å². The molecule has 0 aromatic heterocycles. The topological polar surface area (TPSA) is 70.2 Å². The Hall–Kier alpha value is -2.67. The number of urea groups is 1. The van der Waals surface area contributed by atoms with Gasteiger partial charge in [0.2, 0.25) is 5.91 Å². The third kappa shape index (κ3) is 5.20. The van der Waals surface area contributed by atoms with Crippen LogP contribution in [0.15, 0.2) is 53.0 Å². The maximum Gasteiger partial charge on any atom is 0.318 e. The van der Waals surface area contributed by atoms with Crippen LogP contribution in [0.1, 0.15) is 5.56 Å². The third-order valence-corrected chi connectivity index (χ3v) is 3.50. The van der Waals surface area contributed by atoms with Crippen molar-refractivity contribution in [3.63, 3.8) is 0 Å². The molecule has 0 atom stereocenters. The first-order chi connectivity index (χ1) is 11.5. The van der Waals surface area contributed by atoms with E-state index in [0.29, 0.717) is 16.9 Å². The predicted octanol–water partition coefficient (Wildman–Crippen LogP) is 3.99. The lowest BCUT2D eigenvalue weighted by Gasteiger charge is -2.06. The zero-order valence-corrected chi connectivity index (χ0v) is 14.4. The molecule has 5 nitrogen and oxygen atoms in total. The van der Waals surface area contributed by atoms with Crippen molar-refractivity contribution in [2.24, 2.45) is 0 Å². The smallest absolute Gasteiger partial charge is 0.318 e. The normalized spacial score (nSPS) is 10.5. The van der Waals surface area contributed by atoms with Gasteiger partial charge in [-0.05, 0) is 48.5 Å². The van der Waals surface area contributed by atoms with E-state index in [-0.39, 0.29) is 11.9 Å². The van der Waals surface area contributed by atoms with E-state index in [1.54, 1.807) is 36.4 Å². The average Bonchev–Trinajstić information content (AvgIpc) is 2.57. The highest BCUT2D eigenvalue weighted by Crippen LogP contribution is 2.17. The number of hydrogen-bond acceptors (Lipinski definition) is 2. The second kappa shape index (κ2) is 8.26. The Morgan fingerprint density at radius 1 is 1.04 bits per heavy atom. The van der Waals surface area contributed by atoms with E-state index in [2.05, 4.69) is 31.9 Å². The van der Waals surface area contributed by atoms with Gasteiger partial charge in [-0.15, -0.1) is 0 Å². The summed E-state index contributed by atoms with van der Waals surface area (Å²) in [5, 5.41) is 7.70. The van der Waals surface area contributed by atoms with Crippen molar-refractivity contribution in [1.29, 1.82) is 0 Å². The lowest BCUT2D eigenvalue weighted by molar-refractivity contribution is -0.111. The molecule has 2 rings (SSSR count). The molecule has 0 unspecified atom stereocenters. The summed E-state index contributed by atoms with van der Waals surface area (Å²) >= 11 is 3.25. The highest BCUT2D eigenvalue weighted by Gasteiger charge is 2.03. The molecule has 7 heteroatoms. The standard InChI is InChI=1S/C17H15BrFN3O2/c1-20-17(24)22-14-6-4-13(5-7-14)21-16(23)9-2-11-10-12(18)3-8-15(11)19/h2-10H,1H3,(H,21,23)(H2,20,22,24)/b9-2+. The van der Waals surface area contributed by atoms with Gasteiger partial charge in [-0.1, -0.05) is 15.9 Å². The lowest BCUT2D eigenvalue weighted by Crippen LogP contribution is -2.24. The number of carbonyl (C=O) groups is 2. The van der Waals surface area contributed by atoms with E-state index in [1.165, 1.54) is 25.3 Å². The molecule has 3 N–H and O–H groups in total. The number of rotatable bonds is 4. The summed E-state index contributed by atoms with van der Waals surface area (Å²) in [5.41, 5.74) is 1.46. The SMILES string of the molecule is CNC(=O)Nc1ccc(NC(=O)/C=C/c2cc(Br)ccc2F)cc1. The van der Waals surface area contributed by atoms with Crippen LogP contribution in [0.25, 0.3) is 6.08 Å². The van der Waals surface area contributed by atoms with Crippen LogP contribution in [0.3, 0.4) is 0 Å². The molecule has 0 aliphatic carbocycles. The largest absolute Gasteiger partial charge is 0.341 e. The highest BCUT2D eigenvalue weighted by molar-refractivity contribution is 9.10. The molecule has 24 heavy (non-hydrogen) atoms. The Balaban J connectivity index is 1.98. The van der Waals surface area contributed by atoms with Crippen molar-refractivity contribution in [1.82, 2.24) is 5.32 Å². The second-order valence-electron chi connectivity index (χ2n) is 4.77. The van der Waals surface area contributed by atoms with Gasteiger partial charge in [0.25, 0.3) is 0 Å². The molecular weight excluding hydrogens is 377 g/mol. The first-order valence-corrected chi connectivity index (χ1v) is 7.80. The van der Waals surface area contributed by atoms with Crippen LogP contribution in [0.5, 0.6) is 0 Å². The Morgan fingerprint density at radius 3 is 2.29 bits per heavy atom. The minimum Gasteiger partial charge on any atom is -0.341 e. The molecule has 0 spiro atoms. The summed E-state index contributed by atoms with van der Waals surface area (Å²) in [6, 6.07) is 10.8. The maximum absolute atomic E-state index is 13.6. The summed E-state index contributed by atoms with van der Waals surface area (Å²) in [6.07, 6.45) is 2.65. The molecule has 2 aromatic carbocycles. The number of amides is 3. The van der Waals surface area contributed by atoms with Crippen molar-refractivity contribution in [3.8, 4) is 0 Å². The highest BCUT2D eigenvalue weighted by atomic mass is 79.9. The molecule has 2 aromatic rings. The van der Waals surface area contributed by atoms with Gasteiger partial charge in [-0.2, -0.15) is 0 Å². The monoisotopic (exact) mass is 391 g/mol. The fraction of sp³-hybridized carbons (Fsp3) is 0.0588.